The predicted molar refractivity (Wildman–Crippen MR) is 55.9 cm³/mol. The first-order chi connectivity index (χ1) is 6.61. The highest BCUT2D eigenvalue weighted by Crippen LogP contribution is 2.09. The van der Waals surface area contributed by atoms with Gasteiger partial charge in [-0.25, -0.2) is 0 Å². The molecular formula is C11H17NO2. The van der Waals surface area contributed by atoms with Gasteiger partial charge in [0.1, 0.15) is 0 Å². The number of hydrogen-bond acceptors (Lipinski definition) is 2. The van der Waals surface area contributed by atoms with Gasteiger partial charge in [-0.05, 0) is 25.3 Å². The molecule has 0 atom stereocenters. The Bertz CT molecular complexity index is 252. The monoisotopic (exact) mass is 195 g/mol. The molecule has 1 amide bonds. The fraction of sp³-hybridized carbons (Fsp3) is 0.545. The molecule has 1 N–H and O–H groups in total. The topological polar surface area (TPSA) is 38.3 Å². The number of hydrogen-bond donors (Lipinski definition) is 1. The van der Waals surface area contributed by atoms with Gasteiger partial charge in [0.05, 0.1) is 0 Å². The average molecular weight is 195 g/mol. The molecule has 0 aliphatic carbocycles. The van der Waals surface area contributed by atoms with Crippen molar-refractivity contribution < 1.29 is 9.53 Å². The molecule has 78 valence electrons. The fourth-order valence-corrected chi connectivity index (χ4v) is 1.31. The zero-order chi connectivity index (χ0) is 10.6. The standard InChI is InChI=1S/C11H17NO2/c1-8(2)9(3)11(13)12-10-4-6-14-7-5-10/h10H,1,3-7H2,2H3,(H,12,13). The van der Waals surface area contributed by atoms with Gasteiger partial charge in [-0.3, -0.25) is 4.79 Å². The second-order valence-corrected chi connectivity index (χ2v) is 3.62. The zero-order valence-corrected chi connectivity index (χ0v) is 8.64. The Morgan fingerprint density at radius 3 is 2.43 bits per heavy atom. The van der Waals surface area contributed by atoms with Crippen molar-refractivity contribution in [1.29, 1.82) is 0 Å². The Hall–Kier alpha value is -1.09. The molecule has 0 saturated carbocycles. The molecule has 0 aromatic carbocycles. The summed E-state index contributed by atoms with van der Waals surface area (Å²) < 4.78 is 5.20. The molecule has 1 saturated heterocycles. The largest absolute Gasteiger partial charge is 0.381 e. The van der Waals surface area contributed by atoms with Crippen molar-refractivity contribution in [3.8, 4) is 0 Å². The molecule has 0 radical (unpaired) electrons. The third-order valence-electron chi connectivity index (χ3n) is 2.35. The van der Waals surface area contributed by atoms with E-state index in [9.17, 15) is 4.79 Å². The third kappa shape index (κ3) is 3.00. The van der Waals surface area contributed by atoms with Gasteiger partial charge in [0, 0.05) is 24.8 Å². The average Bonchev–Trinajstić information content (AvgIpc) is 2.18. The van der Waals surface area contributed by atoms with Crippen LogP contribution in [0.4, 0.5) is 0 Å². The lowest BCUT2D eigenvalue weighted by Gasteiger charge is -2.23. The van der Waals surface area contributed by atoms with Crippen LogP contribution in [0.5, 0.6) is 0 Å². The second-order valence-electron chi connectivity index (χ2n) is 3.62. The zero-order valence-electron chi connectivity index (χ0n) is 8.64. The first-order valence-electron chi connectivity index (χ1n) is 4.84. The smallest absolute Gasteiger partial charge is 0.251 e. The summed E-state index contributed by atoms with van der Waals surface area (Å²) in [6, 6.07) is 0.229. The van der Waals surface area contributed by atoms with E-state index in [-0.39, 0.29) is 11.9 Å². The van der Waals surface area contributed by atoms with E-state index in [1.54, 1.807) is 6.92 Å². The van der Waals surface area contributed by atoms with Crippen LogP contribution in [0.1, 0.15) is 19.8 Å². The number of ether oxygens (including phenoxy) is 1. The first kappa shape index (κ1) is 11.0. The van der Waals surface area contributed by atoms with E-state index in [1.807, 2.05) is 0 Å². The molecule has 3 heteroatoms. The van der Waals surface area contributed by atoms with E-state index < -0.39 is 0 Å². The summed E-state index contributed by atoms with van der Waals surface area (Å²) in [5.41, 5.74) is 1.19. The van der Waals surface area contributed by atoms with E-state index in [1.165, 1.54) is 0 Å². The van der Waals surface area contributed by atoms with Gasteiger partial charge in [0.15, 0.2) is 0 Å². The maximum absolute atomic E-state index is 11.5. The van der Waals surface area contributed by atoms with Crippen LogP contribution < -0.4 is 5.32 Å². The van der Waals surface area contributed by atoms with Crippen molar-refractivity contribution in [2.24, 2.45) is 0 Å². The lowest BCUT2D eigenvalue weighted by atomic mass is 10.1. The lowest BCUT2D eigenvalue weighted by Crippen LogP contribution is -2.39. The van der Waals surface area contributed by atoms with Crippen molar-refractivity contribution >= 4 is 5.91 Å². The minimum atomic E-state index is -0.107. The van der Waals surface area contributed by atoms with E-state index in [4.69, 9.17) is 4.74 Å². The van der Waals surface area contributed by atoms with E-state index >= 15 is 0 Å². The van der Waals surface area contributed by atoms with Gasteiger partial charge in [0.25, 0.3) is 5.91 Å². The van der Waals surface area contributed by atoms with Gasteiger partial charge in [-0.2, -0.15) is 0 Å². The molecule has 1 heterocycles. The van der Waals surface area contributed by atoms with Crippen LogP contribution in [0.15, 0.2) is 24.3 Å². The molecule has 0 spiro atoms. The maximum atomic E-state index is 11.5. The van der Waals surface area contributed by atoms with Gasteiger partial charge in [-0.15, -0.1) is 0 Å². The summed E-state index contributed by atoms with van der Waals surface area (Å²) in [6.07, 6.45) is 1.77. The van der Waals surface area contributed by atoms with Crippen LogP contribution in [0.25, 0.3) is 0 Å². The summed E-state index contributed by atoms with van der Waals surface area (Å²) in [5.74, 6) is -0.107. The number of amides is 1. The van der Waals surface area contributed by atoms with Gasteiger partial charge >= 0.3 is 0 Å². The molecule has 0 aromatic heterocycles. The molecule has 14 heavy (non-hydrogen) atoms. The highest BCUT2D eigenvalue weighted by atomic mass is 16.5. The molecular weight excluding hydrogens is 178 g/mol. The summed E-state index contributed by atoms with van der Waals surface area (Å²) in [5, 5.41) is 2.92. The summed E-state index contributed by atoms with van der Waals surface area (Å²) in [4.78, 5) is 11.5. The van der Waals surface area contributed by atoms with Crippen LogP contribution in [-0.4, -0.2) is 25.2 Å². The lowest BCUT2D eigenvalue weighted by molar-refractivity contribution is -0.118. The van der Waals surface area contributed by atoms with Crippen LogP contribution >= 0.6 is 0 Å². The molecule has 1 aliphatic rings. The van der Waals surface area contributed by atoms with Crippen molar-refractivity contribution in [2.75, 3.05) is 13.2 Å². The van der Waals surface area contributed by atoms with Crippen molar-refractivity contribution in [1.82, 2.24) is 5.32 Å². The minimum absolute atomic E-state index is 0.107. The van der Waals surface area contributed by atoms with Crippen LogP contribution in [0.2, 0.25) is 0 Å². The Balaban J connectivity index is 2.39. The highest BCUT2D eigenvalue weighted by molar-refractivity contribution is 5.96. The van der Waals surface area contributed by atoms with E-state index in [0.717, 1.165) is 31.6 Å². The molecule has 0 unspecified atom stereocenters. The fourth-order valence-electron chi connectivity index (χ4n) is 1.31. The van der Waals surface area contributed by atoms with Gasteiger partial charge < -0.3 is 10.1 Å². The Kier molecular flexibility index (Phi) is 3.89. The van der Waals surface area contributed by atoms with Crippen LogP contribution in [0.3, 0.4) is 0 Å². The Morgan fingerprint density at radius 1 is 1.36 bits per heavy atom. The Morgan fingerprint density at radius 2 is 1.93 bits per heavy atom. The normalized spacial score (nSPS) is 17.5. The van der Waals surface area contributed by atoms with Crippen LogP contribution in [-0.2, 0) is 9.53 Å². The quantitative estimate of drug-likeness (QED) is 0.546. The molecule has 1 aliphatic heterocycles. The molecule has 1 fully saturated rings. The SMILES string of the molecule is C=C(C)C(=C)C(=O)NC1CCOCC1. The van der Waals surface area contributed by atoms with Gasteiger partial charge in [0.2, 0.25) is 0 Å². The van der Waals surface area contributed by atoms with Crippen molar-refractivity contribution in [3.63, 3.8) is 0 Å². The number of carbonyl (C=O) groups excluding carboxylic acids is 1. The van der Waals surface area contributed by atoms with Crippen LogP contribution in [0, 0.1) is 0 Å². The molecule has 0 aromatic rings. The maximum Gasteiger partial charge on any atom is 0.251 e. The number of rotatable bonds is 3. The van der Waals surface area contributed by atoms with Gasteiger partial charge in [-0.1, -0.05) is 13.2 Å². The van der Waals surface area contributed by atoms with Crippen molar-refractivity contribution in [3.05, 3.63) is 24.3 Å². The molecule has 0 bridgehead atoms. The first-order valence-corrected chi connectivity index (χ1v) is 4.84. The minimum Gasteiger partial charge on any atom is -0.381 e. The third-order valence-corrected chi connectivity index (χ3v) is 2.35. The van der Waals surface area contributed by atoms with E-state index in [0.29, 0.717) is 5.57 Å². The molecule has 1 rings (SSSR count). The van der Waals surface area contributed by atoms with E-state index in [2.05, 4.69) is 18.5 Å². The number of nitrogens with one attached hydrogen (secondary N) is 1. The Labute approximate surface area is 84.8 Å². The highest BCUT2D eigenvalue weighted by Gasteiger charge is 2.17. The summed E-state index contributed by atoms with van der Waals surface area (Å²) in [7, 11) is 0. The van der Waals surface area contributed by atoms with Crippen molar-refractivity contribution in [2.45, 2.75) is 25.8 Å². The second kappa shape index (κ2) is 4.96. The number of carbonyl (C=O) groups is 1. The summed E-state index contributed by atoms with van der Waals surface area (Å²) in [6.45, 7) is 10.6. The predicted octanol–water partition coefficient (Wildman–Crippen LogP) is 1.41. The summed E-state index contributed by atoms with van der Waals surface area (Å²) >= 11 is 0. The molecule has 3 nitrogen and oxygen atoms in total.